The van der Waals surface area contributed by atoms with E-state index < -0.39 is 5.91 Å². The number of hydrogen-bond donors (Lipinski definition) is 2. The van der Waals surface area contributed by atoms with Gasteiger partial charge in [-0.2, -0.15) is 0 Å². The summed E-state index contributed by atoms with van der Waals surface area (Å²) in [6.07, 6.45) is 0. The molecule has 144 valence electrons. The van der Waals surface area contributed by atoms with Crippen LogP contribution in [-0.4, -0.2) is 22.6 Å². The second kappa shape index (κ2) is 8.71. The largest absolute Gasteiger partial charge is 0.437 e. The lowest BCUT2D eigenvalue weighted by molar-refractivity contribution is -0.113. The summed E-state index contributed by atoms with van der Waals surface area (Å²) in [5.74, 6) is -0.284. The van der Waals surface area contributed by atoms with Crippen LogP contribution >= 0.6 is 11.8 Å². The van der Waals surface area contributed by atoms with E-state index in [0.717, 1.165) is 5.69 Å². The molecule has 28 heavy (non-hydrogen) atoms. The van der Waals surface area contributed by atoms with E-state index in [0.29, 0.717) is 27.9 Å². The van der Waals surface area contributed by atoms with E-state index in [1.807, 2.05) is 13.8 Å². The molecule has 2 amide bonds. The van der Waals surface area contributed by atoms with Gasteiger partial charge in [0.05, 0.1) is 22.7 Å². The Labute approximate surface area is 165 Å². The number of rotatable bonds is 6. The van der Waals surface area contributed by atoms with Gasteiger partial charge in [0.1, 0.15) is 11.6 Å². The lowest BCUT2D eigenvalue weighted by atomic mass is 10.1. The van der Waals surface area contributed by atoms with E-state index in [-0.39, 0.29) is 17.5 Å². The van der Waals surface area contributed by atoms with Crippen LogP contribution in [0.2, 0.25) is 0 Å². The van der Waals surface area contributed by atoms with Crippen LogP contribution in [0.5, 0.6) is 0 Å². The molecule has 0 unspecified atom stereocenters. The zero-order valence-corrected chi connectivity index (χ0v) is 16.1. The number of nitrogens with zero attached hydrogens (tertiary/aromatic N) is 1. The summed E-state index contributed by atoms with van der Waals surface area (Å²) in [4.78, 5) is 29.0. The summed E-state index contributed by atoms with van der Waals surface area (Å²) in [7, 11) is 0. The zero-order chi connectivity index (χ0) is 20.1. The van der Waals surface area contributed by atoms with Crippen molar-refractivity contribution in [3.8, 4) is 0 Å². The minimum Gasteiger partial charge on any atom is -0.437 e. The molecule has 0 aliphatic carbocycles. The molecule has 0 saturated heterocycles. The Morgan fingerprint density at radius 3 is 2.46 bits per heavy atom. The minimum absolute atomic E-state index is 0.0906. The summed E-state index contributed by atoms with van der Waals surface area (Å²) < 4.78 is 18.4. The third-order valence-electron chi connectivity index (χ3n) is 3.88. The highest BCUT2D eigenvalue weighted by molar-refractivity contribution is 7.99. The van der Waals surface area contributed by atoms with Crippen molar-refractivity contribution in [3.63, 3.8) is 0 Å². The number of amides is 2. The molecule has 1 heterocycles. The van der Waals surface area contributed by atoms with E-state index in [9.17, 15) is 14.0 Å². The normalized spacial score (nSPS) is 10.5. The number of aryl methyl sites for hydroxylation is 2. The molecule has 0 bridgehead atoms. The molecule has 0 radical (unpaired) electrons. The average Bonchev–Trinajstić information content (AvgIpc) is 3.00. The van der Waals surface area contributed by atoms with E-state index in [2.05, 4.69) is 15.6 Å². The second-order valence-electron chi connectivity index (χ2n) is 5.96. The summed E-state index contributed by atoms with van der Waals surface area (Å²) >= 11 is 1.18. The molecule has 3 aromatic rings. The van der Waals surface area contributed by atoms with E-state index in [1.165, 1.54) is 36.0 Å². The smallest absolute Gasteiger partial charge is 0.257 e. The van der Waals surface area contributed by atoms with Gasteiger partial charge in [0.25, 0.3) is 11.1 Å². The zero-order valence-electron chi connectivity index (χ0n) is 15.3. The van der Waals surface area contributed by atoms with Gasteiger partial charge in [-0.15, -0.1) is 0 Å². The van der Waals surface area contributed by atoms with Crippen LogP contribution in [-0.2, 0) is 4.79 Å². The fourth-order valence-electron chi connectivity index (χ4n) is 2.34. The number of halogens is 1. The third-order valence-corrected chi connectivity index (χ3v) is 4.71. The number of hydrogen-bond acceptors (Lipinski definition) is 5. The maximum absolute atomic E-state index is 13.0. The first kappa shape index (κ1) is 19.6. The van der Waals surface area contributed by atoms with Gasteiger partial charge in [0.2, 0.25) is 5.91 Å². The molecule has 0 atom stereocenters. The molecule has 0 aliphatic rings. The first-order chi connectivity index (χ1) is 13.4. The summed E-state index contributed by atoms with van der Waals surface area (Å²) in [6, 6.07) is 12.1. The Bertz CT molecular complexity index is 983. The number of para-hydroxylation sites is 1. The van der Waals surface area contributed by atoms with Gasteiger partial charge in [-0.05, 0) is 50.2 Å². The highest BCUT2D eigenvalue weighted by Crippen LogP contribution is 2.22. The Balaban J connectivity index is 1.64. The standard InChI is InChI=1S/C20H18FN3O3S/c1-12-13(2)27-20(22-12)28-11-18(25)24-17-6-4-3-5-16(17)19(26)23-15-9-7-14(21)8-10-15/h3-10H,11H2,1-2H3,(H,23,26)(H,24,25). The maximum atomic E-state index is 13.0. The van der Waals surface area contributed by atoms with Crippen LogP contribution in [0.3, 0.4) is 0 Å². The second-order valence-corrected chi connectivity index (χ2v) is 6.89. The first-order valence-corrected chi connectivity index (χ1v) is 9.43. The summed E-state index contributed by atoms with van der Waals surface area (Å²) in [5.41, 5.74) is 1.92. The number of thioether (sulfide) groups is 1. The van der Waals surface area contributed by atoms with Gasteiger partial charge >= 0.3 is 0 Å². The Hall–Kier alpha value is -3.13. The molecule has 2 aromatic carbocycles. The molecule has 1 aromatic heterocycles. The predicted octanol–water partition coefficient (Wildman–Crippen LogP) is 4.41. The predicted molar refractivity (Wildman–Crippen MR) is 106 cm³/mol. The van der Waals surface area contributed by atoms with Crippen molar-refractivity contribution in [2.45, 2.75) is 19.1 Å². The van der Waals surface area contributed by atoms with Gasteiger partial charge in [-0.25, -0.2) is 9.37 Å². The number of nitrogens with one attached hydrogen (secondary N) is 2. The van der Waals surface area contributed by atoms with Crippen molar-refractivity contribution in [3.05, 3.63) is 71.4 Å². The van der Waals surface area contributed by atoms with Crippen molar-refractivity contribution >= 4 is 35.0 Å². The average molecular weight is 399 g/mol. The molecule has 0 fully saturated rings. The molecular weight excluding hydrogens is 381 g/mol. The maximum Gasteiger partial charge on any atom is 0.257 e. The molecule has 3 rings (SSSR count). The van der Waals surface area contributed by atoms with Crippen molar-refractivity contribution < 1.29 is 18.4 Å². The fourth-order valence-corrected chi connectivity index (χ4v) is 3.05. The summed E-state index contributed by atoms with van der Waals surface area (Å²) in [5, 5.41) is 5.83. The van der Waals surface area contributed by atoms with Gasteiger partial charge in [-0.3, -0.25) is 9.59 Å². The van der Waals surface area contributed by atoms with Gasteiger partial charge in [-0.1, -0.05) is 23.9 Å². The number of carbonyl (C=O) groups is 2. The van der Waals surface area contributed by atoms with E-state index in [4.69, 9.17) is 4.42 Å². The minimum atomic E-state index is -0.408. The number of benzene rings is 2. The van der Waals surface area contributed by atoms with Crippen LogP contribution in [0.1, 0.15) is 21.8 Å². The third kappa shape index (κ3) is 4.98. The quantitative estimate of drug-likeness (QED) is 0.600. The van der Waals surface area contributed by atoms with Crippen LogP contribution in [0.25, 0.3) is 0 Å². The molecule has 0 saturated carbocycles. The van der Waals surface area contributed by atoms with Gasteiger partial charge in [0, 0.05) is 5.69 Å². The molecule has 2 N–H and O–H groups in total. The van der Waals surface area contributed by atoms with Crippen molar-refractivity contribution in [1.82, 2.24) is 4.98 Å². The van der Waals surface area contributed by atoms with Gasteiger partial charge < -0.3 is 15.1 Å². The van der Waals surface area contributed by atoms with Crippen molar-refractivity contribution in [2.75, 3.05) is 16.4 Å². The molecule has 6 nitrogen and oxygen atoms in total. The van der Waals surface area contributed by atoms with Crippen LogP contribution in [0.4, 0.5) is 15.8 Å². The number of aromatic nitrogens is 1. The topological polar surface area (TPSA) is 84.2 Å². The van der Waals surface area contributed by atoms with Crippen LogP contribution in [0, 0.1) is 19.7 Å². The van der Waals surface area contributed by atoms with Crippen molar-refractivity contribution in [2.24, 2.45) is 0 Å². The highest BCUT2D eigenvalue weighted by Gasteiger charge is 2.15. The Kier molecular flexibility index (Phi) is 6.10. The Morgan fingerprint density at radius 1 is 1.07 bits per heavy atom. The lowest BCUT2D eigenvalue weighted by Crippen LogP contribution is -2.19. The molecular formula is C20H18FN3O3S. The number of oxazole rings is 1. The molecule has 0 spiro atoms. The van der Waals surface area contributed by atoms with Crippen molar-refractivity contribution in [1.29, 1.82) is 0 Å². The van der Waals surface area contributed by atoms with E-state index in [1.54, 1.807) is 24.3 Å². The van der Waals surface area contributed by atoms with Crippen LogP contribution < -0.4 is 10.6 Å². The lowest BCUT2D eigenvalue weighted by Gasteiger charge is -2.11. The van der Waals surface area contributed by atoms with Gasteiger partial charge in [0.15, 0.2) is 0 Å². The monoisotopic (exact) mass is 399 g/mol. The molecule has 8 heteroatoms. The first-order valence-electron chi connectivity index (χ1n) is 8.45. The SMILES string of the molecule is Cc1nc(SCC(=O)Nc2ccccc2C(=O)Nc2ccc(F)cc2)oc1C. The van der Waals surface area contributed by atoms with Crippen LogP contribution in [0.15, 0.2) is 58.2 Å². The fraction of sp³-hybridized carbons (Fsp3) is 0.150. The highest BCUT2D eigenvalue weighted by atomic mass is 32.2. The number of anilines is 2. The number of carbonyl (C=O) groups excluding carboxylic acids is 2. The summed E-state index contributed by atoms with van der Waals surface area (Å²) in [6.45, 7) is 3.64. The molecule has 0 aliphatic heterocycles. The van der Waals surface area contributed by atoms with E-state index >= 15 is 0 Å². The Morgan fingerprint density at radius 2 is 1.79 bits per heavy atom.